The van der Waals surface area contributed by atoms with Gasteiger partial charge < -0.3 is 9.84 Å². The van der Waals surface area contributed by atoms with Crippen LogP contribution in [0.4, 0.5) is 0 Å². The second kappa shape index (κ2) is 6.88. The third-order valence-corrected chi connectivity index (χ3v) is 4.08. The van der Waals surface area contributed by atoms with E-state index in [1.165, 1.54) is 12.8 Å². The first-order valence-corrected chi connectivity index (χ1v) is 7.74. The van der Waals surface area contributed by atoms with Gasteiger partial charge in [0.25, 0.3) is 0 Å². The van der Waals surface area contributed by atoms with Crippen LogP contribution >= 0.6 is 0 Å². The van der Waals surface area contributed by atoms with E-state index in [-0.39, 0.29) is 6.10 Å². The largest absolute Gasteiger partial charge is 0.385 e. The minimum Gasteiger partial charge on any atom is -0.385 e. The summed E-state index contributed by atoms with van der Waals surface area (Å²) in [6, 6.07) is 19.8. The maximum atomic E-state index is 10.7. The third-order valence-electron chi connectivity index (χ3n) is 4.08. The van der Waals surface area contributed by atoms with Gasteiger partial charge in [-0.15, -0.1) is 0 Å². The Morgan fingerprint density at radius 1 is 0.905 bits per heavy atom. The summed E-state index contributed by atoms with van der Waals surface area (Å²) >= 11 is 0. The Kier molecular flexibility index (Phi) is 4.69. The zero-order valence-electron chi connectivity index (χ0n) is 12.2. The third kappa shape index (κ3) is 3.93. The van der Waals surface area contributed by atoms with E-state index in [0.29, 0.717) is 6.61 Å². The number of hydrogen-bond donors (Lipinski definition) is 1. The van der Waals surface area contributed by atoms with Gasteiger partial charge in [-0.25, -0.2) is 0 Å². The number of aliphatic hydroxyl groups excluding tert-OH is 1. The van der Waals surface area contributed by atoms with Crippen LogP contribution in [0.3, 0.4) is 0 Å². The normalized spacial score (nSPS) is 17.4. The van der Waals surface area contributed by atoms with Crippen LogP contribution in [0, 0.1) is 5.92 Å². The highest BCUT2D eigenvalue weighted by atomic mass is 16.5. The van der Waals surface area contributed by atoms with Gasteiger partial charge in [-0.2, -0.15) is 0 Å². The molecule has 0 aliphatic heterocycles. The predicted octanol–water partition coefficient (Wildman–Crippen LogP) is 4.28. The molecule has 0 heterocycles. The summed E-state index contributed by atoms with van der Waals surface area (Å²) in [5.74, 6) is 0.843. The van der Waals surface area contributed by atoms with Crippen LogP contribution in [0.25, 0.3) is 0 Å². The number of ether oxygens (including phenoxy) is 1. The van der Waals surface area contributed by atoms with E-state index in [4.69, 9.17) is 4.74 Å². The lowest BCUT2D eigenvalue weighted by Crippen LogP contribution is -2.15. The average Bonchev–Trinajstić information content (AvgIpc) is 3.37. The van der Waals surface area contributed by atoms with E-state index in [2.05, 4.69) is 0 Å². The smallest absolute Gasteiger partial charge is 0.113 e. The van der Waals surface area contributed by atoms with Crippen molar-refractivity contribution < 1.29 is 9.84 Å². The molecule has 0 aromatic heterocycles. The van der Waals surface area contributed by atoms with E-state index >= 15 is 0 Å². The van der Waals surface area contributed by atoms with Gasteiger partial charge in [-0.1, -0.05) is 73.5 Å². The first-order valence-electron chi connectivity index (χ1n) is 7.74. The summed E-state index contributed by atoms with van der Waals surface area (Å²) in [5.41, 5.74) is 1.93. The highest BCUT2D eigenvalue weighted by molar-refractivity contribution is 5.25. The molecule has 1 N–H and O–H groups in total. The maximum absolute atomic E-state index is 10.7. The molecule has 1 saturated carbocycles. The number of hydrogen-bond acceptors (Lipinski definition) is 2. The minimum absolute atomic E-state index is 0.299. The van der Waals surface area contributed by atoms with Crippen molar-refractivity contribution in [2.75, 3.05) is 6.61 Å². The Bertz CT molecular complexity index is 534. The van der Waals surface area contributed by atoms with E-state index < -0.39 is 6.10 Å². The molecule has 0 radical (unpaired) electrons. The summed E-state index contributed by atoms with van der Waals surface area (Å²) in [7, 11) is 0. The molecule has 2 heteroatoms. The van der Waals surface area contributed by atoms with Gasteiger partial charge in [0.15, 0.2) is 0 Å². The molecular formula is C19H22O2. The van der Waals surface area contributed by atoms with E-state index in [1.54, 1.807) is 0 Å². The summed E-state index contributed by atoms with van der Waals surface area (Å²) in [6.07, 6.45) is 2.84. The molecule has 2 atom stereocenters. The molecule has 2 aromatic carbocycles. The molecule has 0 bridgehead atoms. The predicted molar refractivity (Wildman–Crippen MR) is 83.9 cm³/mol. The van der Waals surface area contributed by atoms with Crippen LogP contribution in [0.1, 0.15) is 42.6 Å². The second-order valence-electron chi connectivity index (χ2n) is 5.79. The molecule has 1 aliphatic rings. The van der Waals surface area contributed by atoms with Crippen molar-refractivity contribution in [3.05, 3.63) is 71.8 Å². The second-order valence-corrected chi connectivity index (χ2v) is 5.79. The molecule has 21 heavy (non-hydrogen) atoms. The molecule has 0 spiro atoms. The van der Waals surface area contributed by atoms with Gasteiger partial charge in [0.2, 0.25) is 0 Å². The lowest BCUT2D eigenvalue weighted by Gasteiger charge is -2.24. The van der Waals surface area contributed by atoms with E-state index in [9.17, 15) is 5.11 Å². The average molecular weight is 282 g/mol. The Hall–Kier alpha value is -1.64. The monoisotopic (exact) mass is 282 g/mol. The van der Waals surface area contributed by atoms with Crippen molar-refractivity contribution >= 4 is 0 Å². The lowest BCUT2D eigenvalue weighted by atomic mass is 9.98. The quantitative estimate of drug-likeness (QED) is 0.821. The highest BCUT2D eigenvalue weighted by Crippen LogP contribution is 2.35. The minimum atomic E-state index is -0.632. The van der Waals surface area contributed by atoms with Crippen molar-refractivity contribution in [1.82, 2.24) is 0 Å². The molecule has 2 aromatic rings. The van der Waals surface area contributed by atoms with Crippen LogP contribution in [-0.4, -0.2) is 11.7 Å². The topological polar surface area (TPSA) is 29.5 Å². The summed E-state index contributed by atoms with van der Waals surface area (Å²) < 4.78 is 6.05. The molecular weight excluding hydrogens is 260 g/mol. The summed E-state index contributed by atoms with van der Waals surface area (Å²) in [4.78, 5) is 0. The van der Waals surface area contributed by atoms with Crippen molar-refractivity contribution in [3.63, 3.8) is 0 Å². The van der Waals surface area contributed by atoms with Crippen LogP contribution < -0.4 is 0 Å². The van der Waals surface area contributed by atoms with Gasteiger partial charge in [-0.3, -0.25) is 0 Å². The zero-order valence-corrected chi connectivity index (χ0v) is 12.2. The Labute approximate surface area is 126 Å². The van der Waals surface area contributed by atoms with Crippen molar-refractivity contribution in [1.29, 1.82) is 0 Å². The Balaban J connectivity index is 1.74. The fraction of sp³-hybridized carbons (Fsp3) is 0.368. The van der Waals surface area contributed by atoms with Crippen LogP contribution in [0.15, 0.2) is 60.7 Å². The molecule has 3 rings (SSSR count). The number of benzene rings is 2. The van der Waals surface area contributed by atoms with Gasteiger partial charge in [-0.05, 0) is 23.5 Å². The van der Waals surface area contributed by atoms with Crippen molar-refractivity contribution in [2.45, 2.75) is 31.5 Å². The van der Waals surface area contributed by atoms with Crippen molar-refractivity contribution in [2.24, 2.45) is 5.92 Å². The summed E-state index contributed by atoms with van der Waals surface area (Å²) in [6.45, 7) is 0.716. The first-order chi connectivity index (χ1) is 10.3. The zero-order chi connectivity index (χ0) is 14.5. The van der Waals surface area contributed by atoms with Gasteiger partial charge in [0, 0.05) is 6.61 Å². The Morgan fingerprint density at radius 3 is 2.05 bits per heavy atom. The molecule has 2 unspecified atom stereocenters. The van der Waals surface area contributed by atoms with E-state index in [1.807, 2.05) is 60.7 Å². The van der Waals surface area contributed by atoms with Gasteiger partial charge in [0.1, 0.15) is 12.2 Å². The Morgan fingerprint density at radius 2 is 1.48 bits per heavy atom. The fourth-order valence-corrected chi connectivity index (χ4v) is 2.61. The SMILES string of the molecule is OC(c1ccccc1)C(OCCC1CC1)c1ccccc1. The van der Waals surface area contributed by atoms with Crippen LogP contribution in [-0.2, 0) is 4.74 Å². The lowest BCUT2D eigenvalue weighted by molar-refractivity contribution is -0.0430. The number of rotatable bonds is 7. The maximum Gasteiger partial charge on any atom is 0.113 e. The van der Waals surface area contributed by atoms with Crippen LogP contribution in [0.2, 0.25) is 0 Å². The van der Waals surface area contributed by atoms with Gasteiger partial charge in [0.05, 0.1) is 0 Å². The molecule has 1 aliphatic carbocycles. The molecule has 110 valence electrons. The highest BCUT2D eigenvalue weighted by Gasteiger charge is 2.25. The van der Waals surface area contributed by atoms with Crippen molar-refractivity contribution in [3.8, 4) is 0 Å². The van der Waals surface area contributed by atoms with E-state index in [0.717, 1.165) is 23.5 Å². The molecule has 0 saturated heterocycles. The van der Waals surface area contributed by atoms with Crippen LogP contribution in [0.5, 0.6) is 0 Å². The summed E-state index contributed by atoms with van der Waals surface area (Å²) in [5, 5.41) is 10.7. The molecule has 0 amide bonds. The standard InChI is InChI=1S/C19H22O2/c20-18(16-7-3-1-4-8-16)19(17-9-5-2-6-10-17)21-14-13-15-11-12-15/h1-10,15,18-20H,11-14H2. The fourth-order valence-electron chi connectivity index (χ4n) is 2.61. The number of aliphatic hydroxyl groups is 1. The molecule has 1 fully saturated rings. The first kappa shape index (κ1) is 14.3. The molecule has 2 nitrogen and oxygen atoms in total. The van der Waals surface area contributed by atoms with Gasteiger partial charge >= 0.3 is 0 Å².